The van der Waals surface area contributed by atoms with Gasteiger partial charge in [-0.2, -0.15) is 0 Å². The Labute approximate surface area is 96.5 Å². The number of alkyl halides is 1. The van der Waals surface area contributed by atoms with Gasteiger partial charge in [-0.05, 0) is 6.42 Å². The molecule has 1 aliphatic rings. The maximum Gasteiger partial charge on any atom is 0.410 e. The predicted octanol–water partition coefficient (Wildman–Crippen LogP) is 0.436. The Bertz CT molecular complexity index is 439. The molecule has 7 heteroatoms. The minimum absolute atomic E-state index is 0.108. The van der Waals surface area contributed by atoms with E-state index in [0.29, 0.717) is 19.5 Å². The number of nitrogens with one attached hydrogen (secondary N) is 2. The molecule has 0 spiro atoms. The second-order valence-electron chi connectivity index (χ2n) is 3.51. The van der Waals surface area contributed by atoms with Crippen molar-refractivity contribution in [2.24, 2.45) is 0 Å². The number of halogens is 1. The van der Waals surface area contributed by atoms with Crippen LogP contribution in [0.1, 0.15) is 11.3 Å². The molecule has 16 heavy (non-hydrogen) atoms. The van der Waals surface area contributed by atoms with Gasteiger partial charge in [0.2, 0.25) is 0 Å². The molecule has 0 unspecified atom stereocenters. The average Bonchev–Trinajstić information content (AvgIpc) is 2.67. The summed E-state index contributed by atoms with van der Waals surface area (Å²) in [6, 6.07) is 0. The topological polar surface area (TPSA) is 78.2 Å². The van der Waals surface area contributed by atoms with Gasteiger partial charge < -0.3 is 14.7 Å². The number of nitrogens with zero attached hydrogens (tertiary/aromatic N) is 1. The zero-order valence-electron chi connectivity index (χ0n) is 8.59. The summed E-state index contributed by atoms with van der Waals surface area (Å²) < 4.78 is 4.91. The van der Waals surface area contributed by atoms with Gasteiger partial charge in [-0.3, -0.25) is 9.89 Å². The molecule has 0 fully saturated rings. The van der Waals surface area contributed by atoms with Crippen molar-refractivity contribution in [3.05, 3.63) is 21.6 Å². The monoisotopic (exact) mass is 245 g/mol. The lowest BCUT2D eigenvalue weighted by atomic mass is 10.1. The molecule has 0 aliphatic carbocycles. The van der Waals surface area contributed by atoms with E-state index in [1.54, 1.807) is 4.90 Å². The van der Waals surface area contributed by atoms with Gasteiger partial charge in [0, 0.05) is 12.1 Å². The summed E-state index contributed by atoms with van der Waals surface area (Å²) >= 11 is 5.42. The number of aromatic amines is 2. The van der Waals surface area contributed by atoms with Crippen LogP contribution < -0.4 is 5.56 Å². The van der Waals surface area contributed by atoms with Gasteiger partial charge in [0.05, 0.1) is 18.1 Å². The van der Waals surface area contributed by atoms with Gasteiger partial charge in [0.25, 0.3) is 5.56 Å². The fourth-order valence-electron chi connectivity index (χ4n) is 1.71. The lowest BCUT2D eigenvalue weighted by Crippen LogP contribution is -2.37. The zero-order chi connectivity index (χ0) is 11.5. The van der Waals surface area contributed by atoms with Crippen LogP contribution in [0.3, 0.4) is 0 Å². The zero-order valence-corrected chi connectivity index (χ0v) is 9.34. The molecule has 2 heterocycles. The van der Waals surface area contributed by atoms with E-state index in [4.69, 9.17) is 16.3 Å². The molecule has 1 aliphatic heterocycles. The Kier molecular flexibility index (Phi) is 3.19. The van der Waals surface area contributed by atoms with Gasteiger partial charge in [-0.15, -0.1) is 11.6 Å². The number of rotatable bonds is 2. The van der Waals surface area contributed by atoms with Crippen molar-refractivity contribution in [3.63, 3.8) is 0 Å². The van der Waals surface area contributed by atoms with Crippen LogP contribution in [0.15, 0.2) is 4.79 Å². The molecule has 0 saturated heterocycles. The van der Waals surface area contributed by atoms with Crippen molar-refractivity contribution >= 4 is 17.7 Å². The van der Waals surface area contributed by atoms with Crippen molar-refractivity contribution in [1.29, 1.82) is 0 Å². The molecule has 0 bridgehead atoms. The first kappa shape index (κ1) is 11.1. The standard InChI is InChI=1S/C9H12ClN3O3/c10-2-4-16-9(15)13-3-1-6-7(5-13)11-12-8(6)14/h1-5H2,(H2,11,12,14). The number of amides is 1. The summed E-state index contributed by atoms with van der Waals surface area (Å²) in [4.78, 5) is 24.3. The lowest BCUT2D eigenvalue weighted by molar-refractivity contribution is 0.103. The van der Waals surface area contributed by atoms with Crippen LogP contribution in [0, 0.1) is 0 Å². The minimum atomic E-state index is -0.395. The Morgan fingerprint density at radius 3 is 3.06 bits per heavy atom. The highest BCUT2D eigenvalue weighted by atomic mass is 35.5. The molecule has 1 amide bonds. The summed E-state index contributed by atoms with van der Waals surface area (Å²) in [5.74, 6) is 0.284. The molecule has 2 rings (SSSR count). The number of fused-ring (bicyclic) bond motifs is 1. The second-order valence-corrected chi connectivity index (χ2v) is 3.89. The highest BCUT2D eigenvalue weighted by Gasteiger charge is 2.24. The Morgan fingerprint density at radius 1 is 1.50 bits per heavy atom. The molecule has 0 atom stereocenters. The predicted molar refractivity (Wildman–Crippen MR) is 57.6 cm³/mol. The van der Waals surface area contributed by atoms with Gasteiger partial charge in [-0.1, -0.05) is 0 Å². The first-order valence-corrected chi connectivity index (χ1v) is 5.52. The number of hydrogen-bond acceptors (Lipinski definition) is 3. The number of aromatic nitrogens is 2. The van der Waals surface area contributed by atoms with Gasteiger partial charge >= 0.3 is 6.09 Å². The summed E-state index contributed by atoms with van der Waals surface area (Å²) in [5.41, 5.74) is 1.37. The van der Waals surface area contributed by atoms with Crippen LogP contribution in [0.5, 0.6) is 0 Å². The highest BCUT2D eigenvalue weighted by Crippen LogP contribution is 2.13. The third-order valence-corrected chi connectivity index (χ3v) is 2.66. The summed E-state index contributed by atoms with van der Waals surface area (Å²) in [6.45, 7) is 1.07. The lowest BCUT2D eigenvalue weighted by Gasteiger charge is -2.25. The van der Waals surface area contributed by atoms with E-state index >= 15 is 0 Å². The van der Waals surface area contributed by atoms with Crippen LogP contribution in [0.2, 0.25) is 0 Å². The van der Waals surface area contributed by atoms with E-state index in [1.165, 1.54) is 0 Å². The molecular formula is C9H12ClN3O3. The molecule has 2 N–H and O–H groups in total. The van der Waals surface area contributed by atoms with Crippen molar-refractivity contribution in [2.45, 2.75) is 13.0 Å². The van der Waals surface area contributed by atoms with E-state index in [1.807, 2.05) is 0 Å². The van der Waals surface area contributed by atoms with E-state index in [9.17, 15) is 9.59 Å². The molecular weight excluding hydrogens is 234 g/mol. The normalized spacial score (nSPS) is 14.7. The number of carbonyl (C=O) groups excluding carboxylic acids is 1. The molecule has 0 aromatic carbocycles. The Hall–Kier alpha value is -1.43. The highest BCUT2D eigenvalue weighted by molar-refractivity contribution is 6.18. The smallest absolute Gasteiger partial charge is 0.410 e. The van der Waals surface area contributed by atoms with E-state index in [-0.39, 0.29) is 18.0 Å². The fraction of sp³-hybridized carbons (Fsp3) is 0.556. The molecule has 1 aromatic heterocycles. The van der Waals surface area contributed by atoms with Crippen LogP contribution in [0.25, 0.3) is 0 Å². The molecule has 0 radical (unpaired) electrons. The third kappa shape index (κ3) is 2.06. The van der Waals surface area contributed by atoms with Crippen molar-refractivity contribution in [2.75, 3.05) is 19.0 Å². The van der Waals surface area contributed by atoms with Crippen LogP contribution >= 0.6 is 11.6 Å². The first-order chi connectivity index (χ1) is 7.72. The van der Waals surface area contributed by atoms with Crippen molar-refractivity contribution in [1.82, 2.24) is 15.1 Å². The average molecular weight is 246 g/mol. The summed E-state index contributed by atoms with van der Waals surface area (Å²) in [5, 5.41) is 5.26. The van der Waals surface area contributed by atoms with Gasteiger partial charge in [-0.25, -0.2) is 4.79 Å². The third-order valence-electron chi connectivity index (χ3n) is 2.51. The number of carbonyl (C=O) groups is 1. The largest absolute Gasteiger partial charge is 0.448 e. The first-order valence-electron chi connectivity index (χ1n) is 4.98. The van der Waals surface area contributed by atoms with Crippen LogP contribution in [-0.2, 0) is 17.7 Å². The molecule has 0 saturated carbocycles. The Balaban J connectivity index is 2.02. The van der Waals surface area contributed by atoms with Crippen molar-refractivity contribution < 1.29 is 9.53 Å². The maximum atomic E-state index is 11.5. The quantitative estimate of drug-likeness (QED) is 0.742. The minimum Gasteiger partial charge on any atom is -0.448 e. The van der Waals surface area contributed by atoms with E-state index < -0.39 is 6.09 Å². The SMILES string of the molecule is O=C(OCCCl)N1CCc2c([nH][nH]c2=O)C1. The Morgan fingerprint density at radius 2 is 2.31 bits per heavy atom. The second kappa shape index (κ2) is 4.61. The van der Waals surface area contributed by atoms with Crippen LogP contribution in [0.4, 0.5) is 4.79 Å². The van der Waals surface area contributed by atoms with Crippen LogP contribution in [-0.4, -0.2) is 40.2 Å². The fourth-order valence-corrected chi connectivity index (χ4v) is 1.79. The molecule has 1 aromatic rings. The van der Waals surface area contributed by atoms with E-state index in [2.05, 4.69) is 10.2 Å². The van der Waals surface area contributed by atoms with Gasteiger partial charge in [0.1, 0.15) is 6.61 Å². The van der Waals surface area contributed by atoms with E-state index in [0.717, 1.165) is 11.3 Å². The number of ether oxygens (including phenoxy) is 1. The van der Waals surface area contributed by atoms with Gasteiger partial charge in [0.15, 0.2) is 0 Å². The van der Waals surface area contributed by atoms with Crippen molar-refractivity contribution in [3.8, 4) is 0 Å². The summed E-state index contributed by atoms with van der Waals surface area (Å²) in [6.07, 6.45) is 0.151. The number of H-pyrrole nitrogens is 2. The molecule has 88 valence electrons. The summed E-state index contributed by atoms with van der Waals surface area (Å²) in [7, 11) is 0. The maximum absolute atomic E-state index is 11.5. The molecule has 6 nitrogen and oxygen atoms in total. The number of hydrogen-bond donors (Lipinski definition) is 2.